The fraction of sp³-hybridized carbons (Fsp3) is 0.500. The first-order chi connectivity index (χ1) is 14.2. The molecule has 30 heavy (non-hydrogen) atoms. The minimum atomic E-state index is -3.22. The molecule has 164 valence electrons. The highest BCUT2D eigenvalue weighted by atomic mass is 32.2. The molecule has 8 nitrogen and oxygen atoms in total. The van der Waals surface area contributed by atoms with E-state index in [0.29, 0.717) is 31.4 Å². The molecule has 1 aliphatic heterocycles. The van der Waals surface area contributed by atoms with Crippen LogP contribution in [-0.4, -0.2) is 50.1 Å². The van der Waals surface area contributed by atoms with Crippen LogP contribution in [0, 0.1) is 0 Å². The molecule has 1 aliphatic rings. The number of hydrogen-bond acceptors (Lipinski definition) is 9. The van der Waals surface area contributed by atoms with E-state index >= 15 is 0 Å². The van der Waals surface area contributed by atoms with E-state index in [0.717, 1.165) is 23.5 Å². The SMILES string of the molecule is CC(C)OC(=O)ON1CCC(c2nc(COc3ccc(S(C)(=O)=O)cc3)cs2)CC1. The first-order valence-electron chi connectivity index (χ1n) is 9.71. The fourth-order valence-electron chi connectivity index (χ4n) is 3.03. The molecule has 1 aromatic carbocycles. The molecule has 0 amide bonds. The predicted octanol–water partition coefficient (Wildman–Crippen LogP) is 3.78. The summed E-state index contributed by atoms with van der Waals surface area (Å²) >= 11 is 1.60. The van der Waals surface area contributed by atoms with E-state index in [1.807, 2.05) is 5.38 Å². The number of benzene rings is 1. The summed E-state index contributed by atoms with van der Waals surface area (Å²) in [6.45, 7) is 5.15. The summed E-state index contributed by atoms with van der Waals surface area (Å²) in [6.07, 6.45) is 1.99. The second kappa shape index (κ2) is 9.76. The molecule has 0 aliphatic carbocycles. The van der Waals surface area contributed by atoms with E-state index in [9.17, 15) is 13.2 Å². The van der Waals surface area contributed by atoms with Gasteiger partial charge in [0.2, 0.25) is 0 Å². The van der Waals surface area contributed by atoms with Crippen LogP contribution in [0.3, 0.4) is 0 Å². The Labute approximate surface area is 180 Å². The molecule has 2 aromatic rings. The summed E-state index contributed by atoms with van der Waals surface area (Å²) in [5.74, 6) is 0.912. The molecule has 0 bridgehead atoms. The Morgan fingerprint density at radius 3 is 2.50 bits per heavy atom. The van der Waals surface area contributed by atoms with E-state index in [1.54, 1.807) is 42.4 Å². The molecular weight excluding hydrogens is 428 g/mol. The summed E-state index contributed by atoms with van der Waals surface area (Å²) in [7, 11) is -3.22. The van der Waals surface area contributed by atoms with E-state index in [1.165, 1.54) is 18.4 Å². The number of nitrogens with zero attached hydrogens (tertiary/aromatic N) is 2. The Morgan fingerprint density at radius 1 is 1.23 bits per heavy atom. The van der Waals surface area contributed by atoms with Gasteiger partial charge < -0.3 is 14.3 Å². The van der Waals surface area contributed by atoms with Crippen LogP contribution in [0.5, 0.6) is 5.75 Å². The molecule has 0 atom stereocenters. The smallest absolute Gasteiger partial charge is 0.487 e. The van der Waals surface area contributed by atoms with E-state index in [4.69, 9.17) is 14.3 Å². The van der Waals surface area contributed by atoms with Crippen molar-refractivity contribution in [3.05, 3.63) is 40.3 Å². The summed E-state index contributed by atoms with van der Waals surface area (Å²) in [4.78, 5) is 21.7. The highest BCUT2D eigenvalue weighted by molar-refractivity contribution is 7.90. The number of rotatable bonds is 7. The maximum atomic E-state index is 11.6. The minimum absolute atomic E-state index is 0.205. The molecular formula is C20H26N2O6S2. The number of sulfone groups is 1. The van der Waals surface area contributed by atoms with Crippen LogP contribution in [0.25, 0.3) is 0 Å². The van der Waals surface area contributed by atoms with Gasteiger partial charge in [0.25, 0.3) is 0 Å². The standard InChI is InChI=1S/C20H26N2O6S2/c1-14(2)27-20(23)28-22-10-8-15(9-11-22)19-21-16(13-29-19)12-26-17-4-6-18(7-5-17)30(3,24)25/h4-7,13-15H,8-12H2,1-3H3. The van der Waals surface area contributed by atoms with Crippen LogP contribution >= 0.6 is 11.3 Å². The van der Waals surface area contributed by atoms with Gasteiger partial charge in [0.05, 0.1) is 21.7 Å². The number of carbonyl (C=O) groups is 1. The summed E-state index contributed by atoms with van der Waals surface area (Å²) in [5.41, 5.74) is 0.835. The van der Waals surface area contributed by atoms with Crippen LogP contribution in [-0.2, 0) is 26.0 Å². The molecule has 0 unspecified atom stereocenters. The van der Waals surface area contributed by atoms with Gasteiger partial charge in [-0.2, -0.15) is 0 Å². The lowest BCUT2D eigenvalue weighted by Gasteiger charge is -2.29. The third-order valence-electron chi connectivity index (χ3n) is 4.55. The van der Waals surface area contributed by atoms with Crippen LogP contribution in [0.1, 0.15) is 43.3 Å². The zero-order valence-corrected chi connectivity index (χ0v) is 18.9. The quantitative estimate of drug-likeness (QED) is 0.583. The number of ether oxygens (including phenoxy) is 2. The second-order valence-electron chi connectivity index (χ2n) is 7.42. The molecule has 2 heterocycles. The number of thiazole rings is 1. The van der Waals surface area contributed by atoms with Crippen molar-refractivity contribution >= 4 is 27.3 Å². The van der Waals surface area contributed by atoms with Gasteiger partial charge in [-0.1, -0.05) is 0 Å². The Balaban J connectivity index is 1.47. The Hall–Kier alpha value is -2.17. The van der Waals surface area contributed by atoms with E-state index < -0.39 is 16.0 Å². The zero-order chi connectivity index (χ0) is 21.7. The largest absolute Gasteiger partial charge is 0.528 e. The molecule has 0 N–H and O–H groups in total. The van der Waals surface area contributed by atoms with Crippen molar-refractivity contribution in [2.45, 2.75) is 50.2 Å². The van der Waals surface area contributed by atoms with Gasteiger partial charge in [-0.3, -0.25) is 0 Å². The predicted molar refractivity (Wildman–Crippen MR) is 112 cm³/mol. The van der Waals surface area contributed by atoms with Crippen molar-refractivity contribution in [1.82, 2.24) is 10.0 Å². The first-order valence-corrected chi connectivity index (χ1v) is 12.5. The van der Waals surface area contributed by atoms with Crippen LogP contribution in [0.15, 0.2) is 34.5 Å². The van der Waals surface area contributed by atoms with Gasteiger partial charge in [-0.25, -0.2) is 18.2 Å². The molecule has 3 rings (SSSR count). The molecule has 10 heteroatoms. The normalized spacial score (nSPS) is 15.9. The van der Waals surface area contributed by atoms with E-state index in [-0.39, 0.29) is 11.0 Å². The first kappa shape index (κ1) is 22.5. The summed E-state index contributed by atoms with van der Waals surface area (Å²) in [6, 6.07) is 6.35. The van der Waals surface area contributed by atoms with E-state index in [2.05, 4.69) is 4.98 Å². The number of carbonyl (C=O) groups excluding carboxylic acids is 1. The van der Waals surface area contributed by atoms with Gasteiger partial charge >= 0.3 is 6.16 Å². The summed E-state index contributed by atoms with van der Waals surface area (Å²) < 4.78 is 33.7. The van der Waals surface area contributed by atoms with Gasteiger partial charge in [-0.15, -0.1) is 16.4 Å². The maximum absolute atomic E-state index is 11.6. The average molecular weight is 455 g/mol. The fourth-order valence-corrected chi connectivity index (χ4v) is 4.64. The molecule has 1 saturated heterocycles. The number of piperidine rings is 1. The maximum Gasteiger partial charge on any atom is 0.528 e. The van der Waals surface area contributed by atoms with Gasteiger partial charge in [0, 0.05) is 30.6 Å². The van der Waals surface area contributed by atoms with Crippen molar-refractivity contribution in [2.75, 3.05) is 19.3 Å². The third-order valence-corrected chi connectivity index (χ3v) is 6.73. The number of aromatic nitrogens is 1. The van der Waals surface area contributed by atoms with Gasteiger partial charge in [0.1, 0.15) is 12.4 Å². The lowest BCUT2D eigenvalue weighted by Crippen LogP contribution is -2.35. The second-order valence-corrected chi connectivity index (χ2v) is 10.3. The van der Waals surface area contributed by atoms with Crippen molar-refractivity contribution in [2.24, 2.45) is 0 Å². The Morgan fingerprint density at radius 2 is 1.90 bits per heavy atom. The molecule has 1 aromatic heterocycles. The lowest BCUT2D eigenvalue weighted by atomic mass is 9.99. The van der Waals surface area contributed by atoms with Crippen LogP contribution in [0.2, 0.25) is 0 Å². The molecule has 0 saturated carbocycles. The Kier molecular flexibility index (Phi) is 7.32. The zero-order valence-electron chi connectivity index (χ0n) is 17.2. The van der Waals surface area contributed by atoms with Gasteiger partial charge in [0.15, 0.2) is 9.84 Å². The van der Waals surface area contributed by atoms with Crippen molar-refractivity contribution in [1.29, 1.82) is 0 Å². The minimum Gasteiger partial charge on any atom is -0.487 e. The third kappa shape index (κ3) is 6.41. The van der Waals surface area contributed by atoms with Crippen molar-refractivity contribution in [3.8, 4) is 5.75 Å². The summed E-state index contributed by atoms with van der Waals surface area (Å²) in [5, 5.41) is 4.66. The average Bonchev–Trinajstić information content (AvgIpc) is 3.15. The van der Waals surface area contributed by atoms with Crippen molar-refractivity contribution in [3.63, 3.8) is 0 Å². The van der Waals surface area contributed by atoms with Crippen LogP contribution < -0.4 is 4.74 Å². The molecule has 0 spiro atoms. The Bertz CT molecular complexity index is 948. The topological polar surface area (TPSA) is 95.0 Å². The number of hydroxylamine groups is 2. The monoisotopic (exact) mass is 454 g/mol. The highest BCUT2D eigenvalue weighted by Gasteiger charge is 2.26. The molecule has 1 fully saturated rings. The lowest BCUT2D eigenvalue weighted by molar-refractivity contribution is -0.143. The highest BCUT2D eigenvalue weighted by Crippen LogP contribution is 2.30. The van der Waals surface area contributed by atoms with Crippen LogP contribution in [0.4, 0.5) is 4.79 Å². The van der Waals surface area contributed by atoms with Crippen molar-refractivity contribution < 1.29 is 27.5 Å². The molecule has 0 radical (unpaired) electrons. The number of hydrogen-bond donors (Lipinski definition) is 0. The van der Waals surface area contributed by atoms with Gasteiger partial charge in [-0.05, 0) is 51.0 Å².